The molecule has 0 heterocycles. The van der Waals surface area contributed by atoms with Gasteiger partial charge in [-0.05, 0) is 42.3 Å². The number of amides is 1. The number of hydrogen-bond acceptors (Lipinski definition) is 3. The van der Waals surface area contributed by atoms with Gasteiger partial charge in [-0.1, -0.05) is 18.2 Å². The van der Waals surface area contributed by atoms with E-state index in [1.807, 2.05) is 0 Å². The summed E-state index contributed by atoms with van der Waals surface area (Å²) in [5.41, 5.74) is 0.491. The first-order valence-corrected chi connectivity index (χ1v) is 9.52. The minimum atomic E-state index is -3.79. The Kier molecular flexibility index (Phi) is 6.82. The standard InChI is InChI=1S/C18H20F2N2O3S/c1-14(23)22(12-10-15-4-2-3-5-18(15)20)13-11-21-26(24,25)17-8-6-16(19)7-9-17/h2-9,21H,10-13H2,1H3. The van der Waals surface area contributed by atoms with Crippen molar-refractivity contribution in [3.05, 3.63) is 65.7 Å². The number of carbonyl (C=O) groups excluding carboxylic acids is 1. The van der Waals surface area contributed by atoms with E-state index in [2.05, 4.69) is 4.72 Å². The quantitative estimate of drug-likeness (QED) is 0.762. The lowest BCUT2D eigenvalue weighted by atomic mass is 10.1. The fraction of sp³-hybridized carbons (Fsp3) is 0.278. The van der Waals surface area contributed by atoms with Crippen LogP contribution in [0.2, 0.25) is 0 Å². The lowest BCUT2D eigenvalue weighted by Gasteiger charge is -2.21. The Morgan fingerprint density at radius 1 is 1.04 bits per heavy atom. The van der Waals surface area contributed by atoms with Gasteiger partial charge in [0.1, 0.15) is 11.6 Å². The minimum absolute atomic E-state index is 0.00341. The summed E-state index contributed by atoms with van der Waals surface area (Å²) < 4.78 is 53.2. The van der Waals surface area contributed by atoms with E-state index in [-0.39, 0.29) is 36.3 Å². The number of hydrogen-bond donors (Lipinski definition) is 1. The van der Waals surface area contributed by atoms with Gasteiger partial charge < -0.3 is 4.90 Å². The molecule has 140 valence electrons. The SMILES string of the molecule is CC(=O)N(CCNS(=O)(=O)c1ccc(F)cc1)CCc1ccccc1F. The van der Waals surface area contributed by atoms with Crippen molar-refractivity contribution in [3.8, 4) is 0 Å². The zero-order valence-corrected chi connectivity index (χ0v) is 15.1. The Morgan fingerprint density at radius 2 is 1.69 bits per heavy atom. The molecule has 0 aliphatic rings. The van der Waals surface area contributed by atoms with Crippen molar-refractivity contribution in [1.29, 1.82) is 0 Å². The summed E-state index contributed by atoms with van der Waals surface area (Å²) in [4.78, 5) is 13.1. The third kappa shape index (κ3) is 5.60. The van der Waals surface area contributed by atoms with Crippen LogP contribution in [-0.2, 0) is 21.2 Å². The van der Waals surface area contributed by atoms with Crippen LogP contribution in [0.5, 0.6) is 0 Å². The smallest absolute Gasteiger partial charge is 0.240 e. The van der Waals surface area contributed by atoms with E-state index in [0.29, 0.717) is 12.0 Å². The second-order valence-corrected chi connectivity index (χ2v) is 7.47. The molecule has 0 aliphatic carbocycles. The average molecular weight is 382 g/mol. The molecule has 0 saturated heterocycles. The molecule has 26 heavy (non-hydrogen) atoms. The molecule has 0 spiro atoms. The molecule has 0 atom stereocenters. The molecule has 0 fully saturated rings. The van der Waals surface area contributed by atoms with Gasteiger partial charge in [-0.25, -0.2) is 21.9 Å². The third-order valence-electron chi connectivity index (χ3n) is 3.85. The van der Waals surface area contributed by atoms with Gasteiger partial charge in [0.2, 0.25) is 15.9 Å². The van der Waals surface area contributed by atoms with Crippen molar-refractivity contribution in [1.82, 2.24) is 9.62 Å². The molecule has 0 unspecified atom stereocenters. The molecule has 1 amide bonds. The van der Waals surface area contributed by atoms with E-state index in [1.165, 1.54) is 30.0 Å². The Labute approximate surface area is 151 Å². The first-order chi connectivity index (χ1) is 12.3. The number of rotatable bonds is 8. The van der Waals surface area contributed by atoms with Crippen LogP contribution in [0.25, 0.3) is 0 Å². The Balaban J connectivity index is 1.91. The van der Waals surface area contributed by atoms with Crippen molar-refractivity contribution in [3.63, 3.8) is 0 Å². The van der Waals surface area contributed by atoms with Crippen molar-refractivity contribution in [2.45, 2.75) is 18.2 Å². The molecule has 5 nitrogen and oxygen atoms in total. The predicted molar refractivity (Wildman–Crippen MR) is 93.9 cm³/mol. The Morgan fingerprint density at radius 3 is 2.31 bits per heavy atom. The first-order valence-electron chi connectivity index (χ1n) is 8.04. The van der Waals surface area contributed by atoms with E-state index >= 15 is 0 Å². The molecular weight excluding hydrogens is 362 g/mol. The molecule has 2 rings (SSSR count). The Bertz CT molecular complexity index is 855. The van der Waals surface area contributed by atoms with Crippen LogP contribution in [-0.4, -0.2) is 38.9 Å². The van der Waals surface area contributed by atoms with Crippen molar-refractivity contribution in [2.24, 2.45) is 0 Å². The molecule has 0 radical (unpaired) electrons. The highest BCUT2D eigenvalue weighted by Crippen LogP contribution is 2.10. The maximum Gasteiger partial charge on any atom is 0.240 e. The van der Waals surface area contributed by atoms with Crippen LogP contribution in [0, 0.1) is 11.6 Å². The van der Waals surface area contributed by atoms with Gasteiger partial charge >= 0.3 is 0 Å². The molecule has 0 bridgehead atoms. The second kappa shape index (κ2) is 8.86. The molecule has 0 aliphatic heterocycles. The first kappa shape index (κ1) is 20.0. The van der Waals surface area contributed by atoms with Gasteiger partial charge in [0.15, 0.2) is 0 Å². The third-order valence-corrected chi connectivity index (χ3v) is 5.33. The molecule has 2 aromatic carbocycles. The van der Waals surface area contributed by atoms with Crippen LogP contribution in [0.15, 0.2) is 53.4 Å². The highest BCUT2D eigenvalue weighted by atomic mass is 32.2. The highest BCUT2D eigenvalue weighted by molar-refractivity contribution is 7.89. The fourth-order valence-electron chi connectivity index (χ4n) is 2.40. The Hall–Kier alpha value is -2.32. The summed E-state index contributed by atoms with van der Waals surface area (Å²) in [5, 5.41) is 0. The molecule has 0 aromatic heterocycles. The van der Waals surface area contributed by atoms with Crippen molar-refractivity contribution < 1.29 is 22.0 Å². The zero-order valence-electron chi connectivity index (χ0n) is 14.3. The molecule has 0 saturated carbocycles. The number of nitrogens with zero attached hydrogens (tertiary/aromatic N) is 1. The summed E-state index contributed by atoms with van der Waals surface area (Å²) in [7, 11) is -3.79. The molecule has 8 heteroatoms. The topological polar surface area (TPSA) is 66.5 Å². The van der Waals surface area contributed by atoms with Crippen LogP contribution in [0.3, 0.4) is 0 Å². The van der Waals surface area contributed by atoms with E-state index < -0.39 is 15.8 Å². The van der Waals surface area contributed by atoms with E-state index in [0.717, 1.165) is 12.1 Å². The van der Waals surface area contributed by atoms with Crippen LogP contribution < -0.4 is 4.72 Å². The van der Waals surface area contributed by atoms with E-state index in [1.54, 1.807) is 18.2 Å². The number of sulfonamides is 1. The highest BCUT2D eigenvalue weighted by Gasteiger charge is 2.15. The number of carbonyl (C=O) groups is 1. The van der Waals surface area contributed by atoms with Gasteiger partial charge in [0.05, 0.1) is 4.90 Å². The maximum absolute atomic E-state index is 13.6. The normalized spacial score (nSPS) is 11.3. The summed E-state index contributed by atoms with van der Waals surface area (Å²) in [6.45, 7) is 1.78. The number of halogens is 2. The van der Waals surface area contributed by atoms with Crippen LogP contribution in [0.1, 0.15) is 12.5 Å². The van der Waals surface area contributed by atoms with Crippen LogP contribution >= 0.6 is 0 Å². The van der Waals surface area contributed by atoms with Crippen molar-refractivity contribution >= 4 is 15.9 Å². The lowest BCUT2D eigenvalue weighted by molar-refractivity contribution is -0.128. The fourth-order valence-corrected chi connectivity index (χ4v) is 3.42. The largest absolute Gasteiger partial charge is 0.341 e. The number of benzene rings is 2. The van der Waals surface area contributed by atoms with Crippen molar-refractivity contribution in [2.75, 3.05) is 19.6 Å². The molecule has 2 aromatic rings. The lowest BCUT2D eigenvalue weighted by Crippen LogP contribution is -2.38. The monoisotopic (exact) mass is 382 g/mol. The second-order valence-electron chi connectivity index (χ2n) is 5.70. The van der Waals surface area contributed by atoms with Gasteiger partial charge in [0.25, 0.3) is 0 Å². The average Bonchev–Trinajstić information content (AvgIpc) is 2.59. The molecule has 1 N–H and O–H groups in total. The van der Waals surface area contributed by atoms with Crippen LogP contribution in [0.4, 0.5) is 8.78 Å². The van der Waals surface area contributed by atoms with Gasteiger partial charge in [-0.15, -0.1) is 0 Å². The minimum Gasteiger partial charge on any atom is -0.341 e. The summed E-state index contributed by atoms with van der Waals surface area (Å²) in [5.74, 6) is -1.10. The van der Waals surface area contributed by atoms with Gasteiger partial charge in [0, 0.05) is 26.6 Å². The summed E-state index contributed by atoms with van der Waals surface area (Å²) in [6, 6.07) is 10.8. The van der Waals surface area contributed by atoms with Gasteiger partial charge in [-0.2, -0.15) is 0 Å². The zero-order chi connectivity index (χ0) is 19.2. The summed E-state index contributed by atoms with van der Waals surface area (Å²) in [6.07, 6.45) is 0.330. The van der Waals surface area contributed by atoms with E-state index in [9.17, 15) is 22.0 Å². The molecular formula is C18H20F2N2O3S. The number of nitrogens with one attached hydrogen (secondary N) is 1. The predicted octanol–water partition coefficient (Wildman–Crippen LogP) is 2.33. The maximum atomic E-state index is 13.6. The summed E-state index contributed by atoms with van der Waals surface area (Å²) >= 11 is 0. The van der Waals surface area contributed by atoms with E-state index in [4.69, 9.17) is 0 Å². The van der Waals surface area contributed by atoms with Gasteiger partial charge in [-0.3, -0.25) is 4.79 Å².